The molecule has 3 N–H and O–H groups in total. The number of benzene rings is 2. The summed E-state index contributed by atoms with van der Waals surface area (Å²) in [7, 11) is 1.61. The van der Waals surface area contributed by atoms with Crippen LogP contribution in [-0.2, 0) is 6.42 Å². The van der Waals surface area contributed by atoms with Crippen LogP contribution in [0.3, 0.4) is 0 Å². The average molecular weight is 345 g/mol. The van der Waals surface area contributed by atoms with Crippen molar-refractivity contribution < 1.29 is 14.3 Å². The first-order valence-corrected chi connectivity index (χ1v) is 7.71. The number of amides is 3. The summed E-state index contributed by atoms with van der Waals surface area (Å²) < 4.78 is 6.34. The normalized spacial score (nSPS) is 10.1. The van der Waals surface area contributed by atoms with Crippen LogP contribution < -0.4 is 20.1 Å². The van der Waals surface area contributed by atoms with E-state index >= 15 is 0 Å². The molecule has 3 amide bonds. The van der Waals surface area contributed by atoms with Gasteiger partial charge < -0.3 is 15.8 Å². The monoisotopic (exact) mass is 345 g/mol. The molecule has 0 fully saturated rings. The number of urea groups is 1. The number of thiol groups is 1. The maximum absolute atomic E-state index is 12.1. The molecule has 0 unspecified atom stereocenters. The molecule has 0 aliphatic carbocycles. The Balaban J connectivity index is 1.88. The second kappa shape index (κ2) is 8.26. The van der Waals surface area contributed by atoms with Crippen LogP contribution in [0.25, 0.3) is 0 Å². The van der Waals surface area contributed by atoms with Gasteiger partial charge in [0.25, 0.3) is 0 Å². The van der Waals surface area contributed by atoms with E-state index in [-0.39, 0.29) is 6.03 Å². The number of hydrogen-bond donors (Lipinski definition) is 3. The van der Waals surface area contributed by atoms with Gasteiger partial charge in [-0.2, -0.15) is 0 Å². The number of carbonyl (C=O) groups is 2. The number of anilines is 1. The van der Waals surface area contributed by atoms with E-state index in [2.05, 4.69) is 18.1 Å². The Morgan fingerprint density at radius 2 is 1.92 bits per heavy atom. The Labute approximate surface area is 146 Å². The minimum absolute atomic E-state index is 0.354. The van der Waals surface area contributed by atoms with Gasteiger partial charge in [0.2, 0.25) is 5.91 Å². The molecular weight excluding hydrogens is 326 g/mol. The molecule has 0 saturated carbocycles. The van der Waals surface area contributed by atoms with E-state index in [1.807, 2.05) is 24.3 Å². The lowest BCUT2D eigenvalue weighted by Gasteiger charge is -2.16. The Bertz CT molecular complexity index is 719. The maximum atomic E-state index is 12.1. The van der Waals surface area contributed by atoms with E-state index in [1.165, 1.54) is 4.31 Å². The van der Waals surface area contributed by atoms with Gasteiger partial charge in [-0.15, -0.1) is 0 Å². The van der Waals surface area contributed by atoms with Crippen molar-refractivity contribution in [1.29, 1.82) is 0 Å². The zero-order chi connectivity index (χ0) is 17.5. The Morgan fingerprint density at radius 1 is 1.21 bits per heavy atom. The third kappa shape index (κ3) is 4.66. The highest BCUT2D eigenvalue weighted by Crippen LogP contribution is 2.17. The van der Waals surface area contributed by atoms with Crippen LogP contribution >= 0.6 is 12.8 Å². The largest absolute Gasteiger partial charge is 0.497 e. The Morgan fingerprint density at radius 3 is 2.54 bits per heavy atom. The minimum atomic E-state index is -0.519. The van der Waals surface area contributed by atoms with Gasteiger partial charge in [0.15, 0.2) is 0 Å². The van der Waals surface area contributed by atoms with Gasteiger partial charge in [-0.1, -0.05) is 24.9 Å². The van der Waals surface area contributed by atoms with Crippen molar-refractivity contribution in [3.8, 4) is 5.75 Å². The van der Waals surface area contributed by atoms with Crippen LogP contribution in [0.15, 0.2) is 48.5 Å². The molecule has 7 heteroatoms. The number of nitrogens with one attached hydrogen (secondary N) is 1. The van der Waals surface area contributed by atoms with Crippen molar-refractivity contribution in [2.24, 2.45) is 5.73 Å². The lowest BCUT2D eigenvalue weighted by atomic mass is 10.1. The van der Waals surface area contributed by atoms with Crippen LogP contribution in [0, 0.1) is 0 Å². The minimum Gasteiger partial charge on any atom is -0.497 e. The highest BCUT2D eigenvalue weighted by Gasteiger charge is 2.12. The average Bonchev–Trinajstić information content (AvgIpc) is 2.61. The molecule has 0 saturated heterocycles. The van der Waals surface area contributed by atoms with Crippen molar-refractivity contribution in [2.45, 2.75) is 6.42 Å². The zero-order valence-electron chi connectivity index (χ0n) is 13.2. The fourth-order valence-electron chi connectivity index (χ4n) is 2.10. The van der Waals surface area contributed by atoms with Crippen LogP contribution in [0.4, 0.5) is 10.5 Å². The van der Waals surface area contributed by atoms with Gasteiger partial charge in [0, 0.05) is 12.1 Å². The van der Waals surface area contributed by atoms with Crippen LogP contribution in [0.5, 0.6) is 5.75 Å². The zero-order valence-corrected chi connectivity index (χ0v) is 14.1. The molecule has 126 valence electrons. The fourth-order valence-corrected chi connectivity index (χ4v) is 2.30. The summed E-state index contributed by atoms with van der Waals surface area (Å²) in [6, 6.07) is 13.6. The second-order valence-electron chi connectivity index (χ2n) is 5.06. The summed E-state index contributed by atoms with van der Waals surface area (Å²) in [6.45, 7) is 0.461. The molecule has 0 aromatic heterocycles. The lowest BCUT2D eigenvalue weighted by molar-refractivity contribution is 0.100. The van der Waals surface area contributed by atoms with Gasteiger partial charge in [0.05, 0.1) is 12.8 Å². The van der Waals surface area contributed by atoms with E-state index < -0.39 is 5.91 Å². The lowest BCUT2D eigenvalue weighted by Crippen LogP contribution is -2.35. The summed E-state index contributed by atoms with van der Waals surface area (Å²) >= 11 is 4.18. The van der Waals surface area contributed by atoms with Crippen molar-refractivity contribution in [3.63, 3.8) is 0 Å². The summed E-state index contributed by atoms with van der Waals surface area (Å²) in [5, 5.41) is 2.78. The third-order valence-electron chi connectivity index (χ3n) is 3.41. The number of nitrogens with two attached hydrogens (primary N) is 1. The second-order valence-corrected chi connectivity index (χ2v) is 5.46. The molecule has 0 atom stereocenters. The molecular formula is C17H19N3O3S. The number of nitrogens with zero attached hydrogens (tertiary/aromatic N) is 1. The van der Waals surface area contributed by atoms with E-state index in [0.717, 1.165) is 11.3 Å². The molecule has 0 heterocycles. The van der Waals surface area contributed by atoms with Crippen molar-refractivity contribution in [3.05, 3.63) is 59.7 Å². The molecule has 24 heavy (non-hydrogen) atoms. The van der Waals surface area contributed by atoms with Gasteiger partial charge in [0.1, 0.15) is 5.75 Å². The molecule has 0 radical (unpaired) electrons. The highest BCUT2D eigenvalue weighted by molar-refractivity contribution is 7.82. The van der Waals surface area contributed by atoms with Gasteiger partial charge >= 0.3 is 6.03 Å². The number of rotatable bonds is 6. The van der Waals surface area contributed by atoms with Crippen molar-refractivity contribution >= 4 is 30.4 Å². The van der Waals surface area contributed by atoms with Crippen LogP contribution in [0.1, 0.15) is 15.9 Å². The molecule has 0 aliphatic rings. The van der Waals surface area contributed by atoms with E-state index in [0.29, 0.717) is 24.2 Å². The SMILES string of the molecule is COc1cccc(CCNC(=O)N(S)c2ccc(C(N)=O)cc2)c1. The molecule has 0 aliphatic heterocycles. The summed E-state index contributed by atoms with van der Waals surface area (Å²) in [6.07, 6.45) is 0.672. The van der Waals surface area contributed by atoms with E-state index in [4.69, 9.17) is 10.5 Å². The molecule has 2 aromatic carbocycles. The predicted octanol–water partition coefficient (Wildman–Crippen LogP) is 2.40. The van der Waals surface area contributed by atoms with Gasteiger partial charge in [-0.05, 0) is 48.4 Å². The Hall–Kier alpha value is -2.67. The number of primary amides is 1. The first kappa shape index (κ1) is 17.7. The molecule has 0 bridgehead atoms. The van der Waals surface area contributed by atoms with Crippen molar-refractivity contribution in [2.75, 3.05) is 18.0 Å². The summed E-state index contributed by atoms with van der Waals surface area (Å²) in [5.74, 6) is 0.263. The number of hydrogen-bond acceptors (Lipinski definition) is 4. The summed E-state index contributed by atoms with van der Waals surface area (Å²) in [5.41, 5.74) is 7.16. The maximum Gasteiger partial charge on any atom is 0.331 e. The molecule has 6 nitrogen and oxygen atoms in total. The number of methoxy groups -OCH3 is 1. The smallest absolute Gasteiger partial charge is 0.331 e. The van der Waals surface area contributed by atoms with Crippen LogP contribution in [0.2, 0.25) is 0 Å². The van der Waals surface area contributed by atoms with Crippen molar-refractivity contribution in [1.82, 2.24) is 5.32 Å². The first-order valence-electron chi connectivity index (χ1n) is 7.31. The summed E-state index contributed by atoms with van der Waals surface area (Å²) in [4.78, 5) is 23.1. The molecule has 2 rings (SSSR count). The molecule has 2 aromatic rings. The highest BCUT2D eigenvalue weighted by atomic mass is 32.1. The van der Waals surface area contributed by atoms with E-state index in [9.17, 15) is 9.59 Å². The van der Waals surface area contributed by atoms with Gasteiger partial charge in [-0.3, -0.25) is 4.79 Å². The first-order chi connectivity index (χ1) is 11.5. The standard InChI is InChI=1S/C17H19N3O3S/c1-23-15-4-2-3-12(11-15)9-10-19-17(22)20(24)14-7-5-13(6-8-14)16(18)21/h2-8,11,24H,9-10H2,1H3,(H2,18,21)(H,19,22). The quantitative estimate of drug-likeness (QED) is 0.703. The Kier molecular flexibility index (Phi) is 6.08. The predicted molar refractivity (Wildman–Crippen MR) is 96.5 cm³/mol. The van der Waals surface area contributed by atoms with Crippen LogP contribution in [-0.4, -0.2) is 25.6 Å². The third-order valence-corrected chi connectivity index (χ3v) is 3.83. The van der Waals surface area contributed by atoms with Gasteiger partial charge in [-0.25, -0.2) is 9.10 Å². The molecule has 0 spiro atoms. The fraction of sp³-hybridized carbons (Fsp3) is 0.176. The van der Waals surface area contributed by atoms with E-state index in [1.54, 1.807) is 31.4 Å². The number of ether oxygens (including phenoxy) is 1. The number of carbonyl (C=O) groups excluding carboxylic acids is 2. The topological polar surface area (TPSA) is 84.7 Å².